The van der Waals surface area contributed by atoms with Gasteiger partial charge in [-0.2, -0.15) is 4.98 Å². The molecule has 0 atom stereocenters. The Balaban J connectivity index is 2.06. The first-order valence-corrected chi connectivity index (χ1v) is 8.70. The minimum absolute atomic E-state index is 0.536. The first-order valence-electron chi connectivity index (χ1n) is 8.70. The molecule has 0 unspecified atom stereocenters. The van der Waals surface area contributed by atoms with Crippen molar-refractivity contribution in [2.24, 2.45) is 0 Å². The summed E-state index contributed by atoms with van der Waals surface area (Å²) in [4.78, 5) is 11.7. The zero-order chi connectivity index (χ0) is 18.5. The average Bonchev–Trinajstić information content (AvgIpc) is 2.69. The van der Waals surface area contributed by atoms with E-state index < -0.39 is 0 Å². The third-order valence-corrected chi connectivity index (χ3v) is 4.30. The lowest BCUT2D eigenvalue weighted by Gasteiger charge is -2.22. The Morgan fingerprint density at radius 3 is 2.42 bits per heavy atom. The Morgan fingerprint density at radius 1 is 0.962 bits per heavy atom. The Labute approximate surface area is 153 Å². The molecule has 3 aromatic rings. The van der Waals surface area contributed by atoms with Gasteiger partial charge in [0.2, 0.25) is 5.95 Å². The number of nitrogens with one attached hydrogen (secondary N) is 1. The van der Waals surface area contributed by atoms with Crippen molar-refractivity contribution in [3.8, 4) is 11.5 Å². The predicted octanol–water partition coefficient (Wildman–Crippen LogP) is 4.24. The number of benzene rings is 2. The third-order valence-electron chi connectivity index (χ3n) is 4.30. The van der Waals surface area contributed by atoms with Crippen LogP contribution in [-0.4, -0.2) is 37.3 Å². The molecule has 0 amide bonds. The third kappa shape index (κ3) is 3.49. The van der Waals surface area contributed by atoms with Gasteiger partial charge in [0.15, 0.2) is 0 Å². The maximum atomic E-state index is 5.46. The second-order valence-corrected chi connectivity index (χ2v) is 5.75. The minimum Gasteiger partial charge on any atom is -0.497 e. The monoisotopic (exact) mass is 352 g/mol. The number of methoxy groups -OCH3 is 2. The van der Waals surface area contributed by atoms with Crippen molar-refractivity contribution in [3.05, 3.63) is 42.5 Å². The summed E-state index contributed by atoms with van der Waals surface area (Å²) in [5.41, 5.74) is 1.69. The molecule has 6 nitrogen and oxygen atoms in total. The molecule has 1 N–H and O–H groups in total. The van der Waals surface area contributed by atoms with Crippen LogP contribution < -0.4 is 19.7 Å². The number of ether oxygens (including phenoxy) is 2. The van der Waals surface area contributed by atoms with E-state index in [2.05, 4.69) is 35.1 Å². The molecule has 136 valence electrons. The molecule has 0 spiro atoms. The van der Waals surface area contributed by atoms with Gasteiger partial charge in [-0.1, -0.05) is 12.1 Å². The van der Waals surface area contributed by atoms with Crippen LogP contribution in [0.1, 0.15) is 13.8 Å². The van der Waals surface area contributed by atoms with Crippen LogP contribution >= 0.6 is 0 Å². The zero-order valence-corrected chi connectivity index (χ0v) is 15.6. The fraction of sp³-hybridized carbons (Fsp3) is 0.300. The van der Waals surface area contributed by atoms with Crippen LogP contribution in [0.2, 0.25) is 0 Å². The van der Waals surface area contributed by atoms with Crippen molar-refractivity contribution in [2.45, 2.75) is 13.8 Å². The molecule has 0 aliphatic carbocycles. The van der Waals surface area contributed by atoms with E-state index in [0.717, 1.165) is 41.2 Å². The molecule has 0 aliphatic rings. The van der Waals surface area contributed by atoms with E-state index in [1.807, 2.05) is 36.4 Å². The summed E-state index contributed by atoms with van der Waals surface area (Å²) >= 11 is 0. The van der Waals surface area contributed by atoms with Crippen LogP contribution in [-0.2, 0) is 0 Å². The molecule has 1 heterocycles. The number of anilines is 3. The second kappa shape index (κ2) is 7.91. The van der Waals surface area contributed by atoms with Crippen LogP contribution in [0.5, 0.6) is 11.5 Å². The quantitative estimate of drug-likeness (QED) is 0.686. The van der Waals surface area contributed by atoms with Gasteiger partial charge in [0, 0.05) is 24.5 Å². The molecule has 0 radical (unpaired) electrons. The smallest absolute Gasteiger partial charge is 0.229 e. The van der Waals surface area contributed by atoms with Gasteiger partial charge < -0.3 is 19.7 Å². The van der Waals surface area contributed by atoms with Crippen molar-refractivity contribution in [1.29, 1.82) is 0 Å². The second-order valence-electron chi connectivity index (χ2n) is 5.75. The number of rotatable bonds is 7. The molecule has 26 heavy (non-hydrogen) atoms. The normalized spacial score (nSPS) is 10.6. The van der Waals surface area contributed by atoms with Crippen LogP contribution in [0.4, 0.5) is 17.5 Å². The standard InChI is InChI=1S/C20H24N4O2/c1-5-24(6-2)19-15-9-7-8-10-16(15)21-20(23-19)22-17-12-11-14(25-3)13-18(17)26-4/h7-13H,5-6H2,1-4H3,(H,21,22,23). The summed E-state index contributed by atoms with van der Waals surface area (Å²) in [7, 11) is 3.26. The van der Waals surface area contributed by atoms with Crippen molar-refractivity contribution in [1.82, 2.24) is 9.97 Å². The number of nitrogens with zero attached hydrogens (tertiary/aromatic N) is 3. The van der Waals surface area contributed by atoms with Crippen molar-refractivity contribution >= 4 is 28.4 Å². The van der Waals surface area contributed by atoms with Crippen LogP contribution in [0.3, 0.4) is 0 Å². The highest BCUT2D eigenvalue weighted by Crippen LogP contribution is 2.32. The molecule has 0 saturated heterocycles. The SMILES string of the molecule is CCN(CC)c1nc(Nc2ccc(OC)cc2OC)nc2ccccc12. The number of aromatic nitrogens is 2. The van der Waals surface area contributed by atoms with E-state index in [1.165, 1.54) is 0 Å². The van der Waals surface area contributed by atoms with Gasteiger partial charge in [0.05, 0.1) is 25.4 Å². The summed E-state index contributed by atoms with van der Waals surface area (Å²) in [6.45, 7) is 6.01. The lowest BCUT2D eigenvalue weighted by Crippen LogP contribution is -2.23. The molecular weight excluding hydrogens is 328 g/mol. The Morgan fingerprint density at radius 2 is 1.73 bits per heavy atom. The van der Waals surface area contributed by atoms with E-state index in [1.54, 1.807) is 14.2 Å². The van der Waals surface area contributed by atoms with Gasteiger partial charge in [-0.25, -0.2) is 4.98 Å². The van der Waals surface area contributed by atoms with E-state index in [-0.39, 0.29) is 0 Å². The van der Waals surface area contributed by atoms with E-state index in [0.29, 0.717) is 11.7 Å². The van der Waals surface area contributed by atoms with Crippen LogP contribution in [0.25, 0.3) is 10.9 Å². The van der Waals surface area contributed by atoms with Gasteiger partial charge in [-0.15, -0.1) is 0 Å². The molecule has 0 saturated carbocycles. The average molecular weight is 352 g/mol. The lowest BCUT2D eigenvalue weighted by molar-refractivity contribution is 0.395. The van der Waals surface area contributed by atoms with Crippen molar-refractivity contribution in [2.75, 3.05) is 37.5 Å². The summed E-state index contributed by atoms with van der Waals surface area (Å²) in [6.07, 6.45) is 0. The number of hydrogen-bond acceptors (Lipinski definition) is 6. The Hall–Kier alpha value is -3.02. The first kappa shape index (κ1) is 17.8. The molecule has 0 fully saturated rings. The maximum Gasteiger partial charge on any atom is 0.229 e. The molecular formula is C20H24N4O2. The summed E-state index contributed by atoms with van der Waals surface area (Å²) in [5, 5.41) is 4.33. The Kier molecular flexibility index (Phi) is 5.41. The number of para-hydroxylation sites is 1. The highest BCUT2D eigenvalue weighted by atomic mass is 16.5. The topological polar surface area (TPSA) is 59.5 Å². The van der Waals surface area contributed by atoms with Gasteiger partial charge >= 0.3 is 0 Å². The van der Waals surface area contributed by atoms with Crippen molar-refractivity contribution in [3.63, 3.8) is 0 Å². The van der Waals surface area contributed by atoms with E-state index >= 15 is 0 Å². The molecule has 3 rings (SSSR count). The maximum absolute atomic E-state index is 5.46. The van der Waals surface area contributed by atoms with Gasteiger partial charge in [-0.3, -0.25) is 0 Å². The minimum atomic E-state index is 0.536. The summed E-state index contributed by atoms with van der Waals surface area (Å²) in [6, 6.07) is 13.7. The highest BCUT2D eigenvalue weighted by Gasteiger charge is 2.13. The molecule has 0 aliphatic heterocycles. The van der Waals surface area contributed by atoms with Gasteiger partial charge in [0.25, 0.3) is 0 Å². The predicted molar refractivity (Wildman–Crippen MR) is 106 cm³/mol. The van der Waals surface area contributed by atoms with Gasteiger partial charge in [0.1, 0.15) is 17.3 Å². The fourth-order valence-electron chi connectivity index (χ4n) is 2.90. The highest BCUT2D eigenvalue weighted by molar-refractivity contribution is 5.90. The molecule has 2 aromatic carbocycles. The largest absolute Gasteiger partial charge is 0.497 e. The molecule has 0 bridgehead atoms. The Bertz CT molecular complexity index is 894. The summed E-state index contributed by atoms with van der Waals surface area (Å²) in [5.74, 6) is 2.87. The first-order chi connectivity index (χ1) is 12.7. The lowest BCUT2D eigenvalue weighted by atomic mass is 10.2. The van der Waals surface area contributed by atoms with E-state index in [9.17, 15) is 0 Å². The number of fused-ring (bicyclic) bond motifs is 1. The summed E-state index contributed by atoms with van der Waals surface area (Å²) < 4.78 is 10.7. The van der Waals surface area contributed by atoms with E-state index in [4.69, 9.17) is 14.5 Å². The zero-order valence-electron chi connectivity index (χ0n) is 15.6. The van der Waals surface area contributed by atoms with Crippen LogP contribution in [0.15, 0.2) is 42.5 Å². The van der Waals surface area contributed by atoms with Crippen LogP contribution in [0, 0.1) is 0 Å². The number of hydrogen-bond donors (Lipinski definition) is 1. The van der Waals surface area contributed by atoms with Gasteiger partial charge in [-0.05, 0) is 38.1 Å². The van der Waals surface area contributed by atoms with Crippen molar-refractivity contribution < 1.29 is 9.47 Å². The molecule has 6 heteroatoms. The molecule has 1 aromatic heterocycles. The fourth-order valence-corrected chi connectivity index (χ4v) is 2.90.